The molecule has 0 radical (unpaired) electrons. The van der Waals surface area contributed by atoms with Gasteiger partial charge >= 0.3 is 12.0 Å². The van der Waals surface area contributed by atoms with Gasteiger partial charge in [-0.25, -0.2) is 4.79 Å². The summed E-state index contributed by atoms with van der Waals surface area (Å²) in [5.74, 6) is -1.25. The number of hydrogen-bond acceptors (Lipinski definition) is 6. The molecule has 2 rings (SSSR count). The molecule has 0 spiro atoms. The summed E-state index contributed by atoms with van der Waals surface area (Å²) < 4.78 is 5.11. The van der Waals surface area contributed by atoms with E-state index in [0.29, 0.717) is 0 Å². The second-order valence-electron chi connectivity index (χ2n) is 6.47. The van der Waals surface area contributed by atoms with Crippen molar-refractivity contribution in [1.82, 2.24) is 15.1 Å². The smallest absolute Gasteiger partial charge is 0.327 e. The van der Waals surface area contributed by atoms with E-state index in [9.17, 15) is 19.5 Å². The van der Waals surface area contributed by atoms with Crippen molar-refractivity contribution >= 4 is 17.9 Å². The summed E-state index contributed by atoms with van der Waals surface area (Å²) in [5.41, 5.74) is -1.01. The van der Waals surface area contributed by atoms with Gasteiger partial charge in [-0.3, -0.25) is 19.8 Å². The second kappa shape index (κ2) is 7.84. The molecule has 26 heavy (non-hydrogen) atoms. The molecule has 1 saturated heterocycles. The van der Waals surface area contributed by atoms with Gasteiger partial charge in [0.1, 0.15) is 12.2 Å². The summed E-state index contributed by atoms with van der Waals surface area (Å²) in [6.07, 6.45) is -0.782. The first-order valence-corrected chi connectivity index (χ1v) is 8.44. The number of rotatable bonds is 6. The van der Waals surface area contributed by atoms with Crippen molar-refractivity contribution < 1.29 is 24.2 Å². The van der Waals surface area contributed by atoms with Crippen molar-refractivity contribution in [2.45, 2.75) is 38.1 Å². The Morgan fingerprint density at radius 2 is 1.92 bits per heavy atom. The number of imide groups is 1. The van der Waals surface area contributed by atoms with Crippen molar-refractivity contribution in [2.24, 2.45) is 0 Å². The molecule has 0 aliphatic carbocycles. The van der Waals surface area contributed by atoms with Gasteiger partial charge in [-0.1, -0.05) is 30.3 Å². The number of likely N-dealkylation sites (N-methyl/N-ethyl adjacent to an activating group) is 2. The van der Waals surface area contributed by atoms with Crippen LogP contribution in [0.3, 0.4) is 0 Å². The molecular weight excluding hydrogens is 338 g/mol. The zero-order valence-corrected chi connectivity index (χ0v) is 15.4. The highest BCUT2D eigenvalue weighted by Gasteiger charge is 2.52. The number of ether oxygens (including phenoxy) is 1. The highest BCUT2D eigenvalue weighted by molar-refractivity contribution is 6.01. The van der Waals surface area contributed by atoms with Crippen molar-refractivity contribution in [2.75, 3.05) is 20.7 Å². The summed E-state index contributed by atoms with van der Waals surface area (Å²) in [4.78, 5) is 39.0. The van der Waals surface area contributed by atoms with Crippen LogP contribution in [0.25, 0.3) is 0 Å². The number of carbonyl (C=O) groups excluding carboxylic acids is 3. The molecular formula is C18H25N3O5. The molecule has 1 aromatic rings. The van der Waals surface area contributed by atoms with Gasteiger partial charge in [-0.05, 0) is 25.8 Å². The van der Waals surface area contributed by atoms with E-state index in [-0.39, 0.29) is 13.0 Å². The summed E-state index contributed by atoms with van der Waals surface area (Å²) in [6.45, 7) is 3.21. The summed E-state index contributed by atoms with van der Waals surface area (Å²) in [5, 5.41) is 13.6. The van der Waals surface area contributed by atoms with Crippen molar-refractivity contribution in [3.63, 3.8) is 0 Å². The Bertz CT molecular complexity index is 677. The van der Waals surface area contributed by atoms with Crippen LogP contribution < -0.4 is 5.32 Å². The van der Waals surface area contributed by atoms with Gasteiger partial charge in [0, 0.05) is 14.1 Å². The molecule has 0 unspecified atom stereocenters. The maximum Gasteiger partial charge on any atom is 0.327 e. The molecule has 0 aromatic heterocycles. The Morgan fingerprint density at radius 3 is 2.50 bits per heavy atom. The van der Waals surface area contributed by atoms with Crippen LogP contribution in [0, 0.1) is 0 Å². The highest BCUT2D eigenvalue weighted by Crippen LogP contribution is 2.24. The van der Waals surface area contributed by atoms with E-state index in [0.717, 1.165) is 10.5 Å². The summed E-state index contributed by atoms with van der Waals surface area (Å²) >= 11 is 0. The number of carbonyl (C=O) groups is 3. The molecule has 1 aliphatic heterocycles. The number of amides is 3. The van der Waals surface area contributed by atoms with E-state index in [1.165, 1.54) is 25.9 Å². The van der Waals surface area contributed by atoms with Crippen LogP contribution in [0.5, 0.6) is 0 Å². The third-order valence-corrected chi connectivity index (χ3v) is 4.46. The van der Waals surface area contributed by atoms with Crippen molar-refractivity contribution in [3.05, 3.63) is 35.9 Å². The Kier molecular flexibility index (Phi) is 5.99. The van der Waals surface area contributed by atoms with Crippen LogP contribution in [0.2, 0.25) is 0 Å². The van der Waals surface area contributed by atoms with Gasteiger partial charge in [0.2, 0.25) is 0 Å². The van der Waals surface area contributed by atoms with Crippen LogP contribution in [-0.2, 0) is 20.7 Å². The third-order valence-electron chi connectivity index (χ3n) is 4.46. The Morgan fingerprint density at radius 1 is 1.31 bits per heavy atom. The van der Waals surface area contributed by atoms with Crippen LogP contribution in [-0.4, -0.2) is 71.3 Å². The van der Waals surface area contributed by atoms with E-state index < -0.39 is 35.7 Å². The van der Waals surface area contributed by atoms with Crippen LogP contribution in [0.15, 0.2) is 30.3 Å². The molecule has 1 fully saturated rings. The summed E-state index contributed by atoms with van der Waals surface area (Å²) in [7, 11) is 2.76. The number of aliphatic hydroxyl groups is 1. The number of nitrogens with zero attached hydrogens (tertiary/aromatic N) is 2. The molecule has 1 aliphatic rings. The number of benzene rings is 1. The minimum absolute atomic E-state index is 0.198. The Labute approximate surface area is 152 Å². The zero-order chi connectivity index (χ0) is 19.5. The lowest BCUT2D eigenvalue weighted by atomic mass is 9.95. The third kappa shape index (κ3) is 3.86. The molecule has 0 bridgehead atoms. The molecule has 8 nitrogen and oxygen atoms in total. The zero-order valence-electron chi connectivity index (χ0n) is 15.4. The fraction of sp³-hybridized carbons (Fsp3) is 0.500. The number of urea groups is 1. The average Bonchev–Trinajstić information content (AvgIpc) is 2.62. The number of hydrogen-bond donors (Lipinski definition) is 2. The predicted molar refractivity (Wildman–Crippen MR) is 94.0 cm³/mol. The minimum atomic E-state index is -1.89. The van der Waals surface area contributed by atoms with Crippen molar-refractivity contribution in [3.8, 4) is 0 Å². The van der Waals surface area contributed by atoms with E-state index >= 15 is 0 Å². The quantitative estimate of drug-likeness (QED) is 0.708. The highest BCUT2D eigenvalue weighted by atomic mass is 16.5. The molecule has 3 atom stereocenters. The Balaban J connectivity index is 2.29. The van der Waals surface area contributed by atoms with E-state index in [2.05, 4.69) is 5.32 Å². The first kappa shape index (κ1) is 19.9. The van der Waals surface area contributed by atoms with Gasteiger partial charge < -0.3 is 14.7 Å². The standard InChI is InChI=1S/C18H25N3O5/c1-5-26-14(22)13(11-12-9-7-6-8-10-12)19-15-18(2,25)16(23)21(4)17(24)20(15)3/h6-10,13,15,19,25H,5,11H2,1-4H3/t13-,15+,18+/m0/s1. The van der Waals surface area contributed by atoms with Crippen LogP contribution in [0.1, 0.15) is 19.4 Å². The Hall–Kier alpha value is -2.45. The topological polar surface area (TPSA) is 99.2 Å². The minimum Gasteiger partial charge on any atom is -0.465 e. The molecule has 142 valence electrons. The van der Waals surface area contributed by atoms with Gasteiger partial charge in [-0.15, -0.1) is 0 Å². The lowest BCUT2D eigenvalue weighted by Gasteiger charge is -2.46. The number of nitrogens with one attached hydrogen (secondary N) is 1. The van der Waals surface area contributed by atoms with Gasteiger partial charge in [0.05, 0.1) is 6.61 Å². The van der Waals surface area contributed by atoms with Crippen LogP contribution in [0.4, 0.5) is 4.79 Å². The predicted octanol–water partition coefficient (Wildman–Crippen LogP) is 0.351. The fourth-order valence-electron chi connectivity index (χ4n) is 3.04. The summed E-state index contributed by atoms with van der Waals surface area (Å²) in [6, 6.07) is 7.89. The first-order valence-electron chi connectivity index (χ1n) is 8.44. The normalized spacial score (nSPS) is 24.6. The largest absolute Gasteiger partial charge is 0.465 e. The molecule has 8 heteroatoms. The maximum atomic E-state index is 12.4. The lowest BCUT2D eigenvalue weighted by molar-refractivity contribution is -0.162. The first-order chi connectivity index (χ1) is 12.2. The fourth-order valence-corrected chi connectivity index (χ4v) is 3.04. The molecule has 1 heterocycles. The molecule has 2 N–H and O–H groups in total. The molecule has 1 aromatic carbocycles. The van der Waals surface area contributed by atoms with Crippen LogP contribution >= 0.6 is 0 Å². The monoisotopic (exact) mass is 363 g/mol. The van der Waals surface area contributed by atoms with E-state index in [1.807, 2.05) is 30.3 Å². The van der Waals surface area contributed by atoms with Gasteiger partial charge in [-0.2, -0.15) is 0 Å². The van der Waals surface area contributed by atoms with Crippen molar-refractivity contribution in [1.29, 1.82) is 0 Å². The van der Waals surface area contributed by atoms with E-state index in [1.54, 1.807) is 6.92 Å². The molecule has 0 saturated carbocycles. The van der Waals surface area contributed by atoms with Gasteiger partial charge in [0.15, 0.2) is 5.60 Å². The second-order valence-corrected chi connectivity index (χ2v) is 6.47. The average molecular weight is 363 g/mol. The SMILES string of the molecule is CCOC(=O)[C@H](Cc1ccccc1)N[C@@H]1N(C)C(=O)N(C)C(=O)[C@]1(C)O. The number of esters is 1. The molecule has 3 amide bonds. The van der Waals surface area contributed by atoms with E-state index in [4.69, 9.17) is 4.74 Å². The maximum absolute atomic E-state index is 12.4. The van der Waals surface area contributed by atoms with Gasteiger partial charge in [0.25, 0.3) is 5.91 Å². The lowest BCUT2D eigenvalue weighted by Crippen LogP contribution is -2.73.